The number of ether oxygens (including phenoxy) is 4. The van der Waals surface area contributed by atoms with Gasteiger partial charge in [0.2, 0.25) is 0 Å². The smallest absolute Gasteiger partial charge is 0.334 e. The largest absolute Gasteiger partial charge is 0.463 e. The molecule has 0 aromatic carbocycles. The summed E-state index contributed by atoms with van der Waals surface area (Å²) in [6, 6.07) is 0. The number of esters is 2. The zero-order valence-corrected chi connectivity index (χ0v) is 19.0. The van der Waals surface area contributed by atoms with Crippen molar-refractivity contribution in [2.24, 2.45) is 23.2 Å². The highest BCUT2D eigenvalue weighted by Gasteiger charge is 2.60. The van der Waals surface area contributed by atoms with Crippen LogP contribution in [-0.4, -0.2) is 82.6 Å². The van der Waals surface area contributed by atoms with E-state index in [1.54, 1.807) is 0 Å². The van der Waals surface area contributed by atoms with Crippen LogP contribution in [0.3, 0.4) is 0 Å². The van der Waals surface area contributed by atoms with Crippen molar-refractivity contribution >= 4 is 17.7 Å². The van der Waals surface area contributed by atoms with E-state index in [4.69, 9.17) is 18.9 Å². The van der Waals surface area contributed by atoms with Crippen molar-refractivity contribution in [2.75, 3.05) is 6.61 Å². The summed E-state index contributed by atoms with van der Waals surface area (Å²) in [6.45, 7) is 8.61. The summed E-state index contributed by atoms with van der Waals surface area (Å²) < 4.78 is 22.1. The van der Waals surface area contributed by atoms with Gasteiger partial charge < -0.3 is 34.3 Å². The van der Waals surface area contributed by atoms with Crippen LogP contribution < -0.4 is 0 Å². The molecule has 2 saturated carbocycles. The van der Waals surface area contributed by atoms with Gasteiger partial charge in [-0.15, -0.1) is 0 Å². The van der Waals surface area contributed by atoms with Crippen LogP contribution in [0.15, 0.2) is 12.2 Å². The predicted molar refractivity (Wildman–Crippen MR) is 110 cm³/mol. The number of rotatable bonds is 4. The summed E-state index contributed by atoms with van der Waals surface area (Å²) in [6.07, 6.45) is -6.95. The lowest BCUT2D eigenvalue weighted by Crippen LogP contribution is -2.60. The number of ketones is 1. The first-order valence-electron chi connectivity index (χ1n) is 11.4. The zero-order valence-electron chi connectivity index (χ0n) is 19.0. The molecule has 5 unspecified atom stereocenters. The highest BCUT2D eigenvalue weighted by atomic mass is 16.7. The van der Waals surface area contributed by atoms with Crippen LogP contribution in [0.5, 0.6) is 0 Å². The average molecular weight is 468 g/mol. The second-order valence-electron chi connectivity index (χ2n) is 10.1. The lowest BCUT2D eigenvalue weighted by Gasteiger charge is -2.42. The first-order valence-corrected chi connectivity index (χ1v) is 11.4. The van der Waals surface area contributed by atoms with E-state index in [2.05, 4.69) is 6.58 Å². The second-order valence-corrected chi connectivity index (χ2v) is 10.1. The highest BCUT2D eigenvalue weighted by molar-refractivity contribution is 5.92. The molecule has 0 spiro atoms. The van der Waals surface area contributed by atoms with Gasteiger partial charge in [0.05, 0.1) is 6.10 Å². The number of hydrogen-bond acceptors (Lipinski definition) is 10. The third kappa shape index (κ3) is 4.12. The third-order valence-corrected chi connectivity index (χ3v) is 7.87. The van der Waals surface area contributed by atoms with Crippen molar-refractivity contribution in [1.29, 1.82) is 0 Å². The topological polar surface area (TPSA) is 149 Å². The molecule has 0 aromatic rings. The summed E-state index contributed by atoms with van der Waals surface area (Å²) in [5.74, 6) is -1.54. The maximum atomic E-state index is 13.2. The molecule has 2 heterocycles. The Morgan fingerprint density at radius 2 is 1.91 bits per heavy atom. The fraction of sp³-hybridized carbons (Fsp3) is 0.783. The van der Waals surface area contributed by atoms with Crippen LogP contribution in [0.2, 0.25) is 0 Å². The molecule has 11 atom stereocenters. The van der Waals surface area contributed by atoms with E-state index in [0.717, 1.165) is 0 Å². The molecule has 184 valence electrons. The summed E-state index contributed by atoms with van der Waals surface area (Å²) in [5.41, 5.74) is -0.391. The maximum absolute atomic E-state index is 13.2. The summed E-state index contributed by atoms with van der Waals surface area (Å²) in [4.78, 5) is 36.4. The molecular formula is C23H32O10. The molecule has 10 heteroatoms. The van der Waals surface area contributed by atoms with Crippen molar-refractivity contribution in [2.45, 2.75) is 82.9 Å². The Labute approximate surface area is 191 Å². The number of aliphatic hydroxyl groups is 3. The molecule has 3 N–H and O–H groups in total. The fourth-order valence-corrected chi connectivity index (χ4v) is 6.16. The van der Waals surface area contributed by atoms with Gasteiger partial charge in [-0.25, -0.2) is 4.79 Å². The van der Waals surface area contributed by atoms with Crippen LogP contribution >= 0.6 is 0 Å². The van der Waals surface area contributed by atoms with Gasteiger partial charge in [0.15, 0.2) is 6.29 Å². The minimum Gasteiger partial charge on any atom is -0.463 e. The summed E-state index contributed by atoms with van der Waals surface area (Å²) >= 11 is 0. The zero-order chi connectivity index (χ0) is 24.2. The Balaban J connectivity index is 1.54. The van der Waals surface area contributed by atoms with Gasteiger partial charge in [-0.3, -0.25) is 9.59 Å². The Bertz CT molecular complexity index is 841. The molecule has 4 fully saturated rings. The van der Waals surface area contributed by atoms with Gasteiger partial charge in [-0.1, -0.05) is 20.4 Å². The molecule has 2 aliphatic carbocycles. The first kappa shape index (κ1) is 24.3. The molecule has 0 aromatic heterocycles. The average Bonchev–Trinajstić information content (AvgIpc) is 3.09. The molecule has 2 saturated heterocycles. The normalized spacial score (nSPS) is 47.5. The van der Waals surface area contributed by atoms with Crippen LogP contribution in [0.25, 0.3) is 0 Å². The van der Waals surface area contributed by atoms with Gasteiger partial charge in [-0.05, 0) is 18.8 Å². The maximum Gasteiger partial charge on any atom is 0.334 e. The van der Waals surface area contributed by atoms with Crippen LogP contribution in [0.1, 0.15) is 40.0 Å². The lowest BCUT2D eigenvalue weighted by atomic mass is 9.69. The van der Waals surface area contributed by atoms with Crippen LogP contribution in [0, 0.1) is 23.2 Å². The molecular weight excluding hydrogens is 436 g/mol. The summed E-state index contributed by atoms with van der Waals surface area (Å²) in [5, 5.41) is 31.0. The van der Waals surface area contributed by atoms with E-state index in [9.17, 15) is 29.7 Å². The Morgan fingerprint density at radius 3 is 2.58 bits per heavy atom. The molecule has 0 radical (unpaired) electrons. The van der Waals surface area contributed by atoms with E-state index in [1.165, 1.54) is 6.92 Å². The van der Waals surface area contributed by atoms with Gasteiger partial charge in [-0.2, -0.15) is 0 Å². The fourth-order valence-electron chi connectivity index (χ4n) is 6.16. The SMILES string of the molecule is C=C1C(=O)O[C@@H]2C[C@@H](C)[C@@H]3[C@@H](OC4OC(COC(C)=O)C(O)C(O)C4O)CC(=O)[C@@]3(C)C[C@H]12. The molecule has 0 bridgehead atoms. The van der Waals surface area contributed by atoms with E-state index >= 15 is 0 Å². The quantitative estimate of drug-likeness (QED) is 0.376. The van der Waals surface area contributed by atoms with Crippen molar-refractivity contribution in [1.82, 2.24) is 0 Å². The molecule has 33 heavy (non-hydrogen) atoms. The second kappa shape index (κ2) is 8.74. The molecule has 0 amide bonds. The van der Waals surface area contributed by atoms with E-state index in [-0.39, 0.29) is 42.7 Å². The van der Waals surface area contributed by atoms with Crippen molar-refractivity contribution in [3.05, 3.63) is 12.2 Å². The van der Waals surface area contributed by atoms with Crippen molar-refractivity contribution < 1.29 is 48.7 Å². The van der Waals surface area contributed by atoms with Crippen LogP contribution in [-0.2, 0) is 33.3 Å². The molecule has 10 nitrogen and oxygen atoms in total. The van der Waals surface area contributed by atoms with Gasteiger partial charge in [0.1, 0.15) is 42.9 Å². The minimum atomic E-state index is -1.58. The van der Waals surface area contributed by atoms with Crippen molar-refractivity contribution in [3.63, 3.8) is 0 Å². The first-order chi connectivity index (χ1) is 15.4. The number of carbonyl (C=O) groups is 3. The number of fused-ring (bicyclic) bond motifs is 2. The molecule has 2 aliphatic heterocycles. The van der Waals surface area contributed by atoms with Gasteiger partial charge in [0.25, 0.3) is 0 Å². The van der Waals surface area contributed by atoms with E-state index in [1.807, 2.05) is 13.8 Å². The number of carbonyl (C=O) groups excluding carboxylic acids is 3. The van der Waals surface area contributed by atoms with Crippen LogP contribution in [0.4, 0.5) is 0 Å². The monoisotopic (exact) mass is 468 g/mol. The lowest BCUT2D eigenvalue weighted by molar-refractivity contribution is -0.315. The highest BCUT2D eigenvalue weighted by Crippen LogP contribution is 2.56. The minimum absolute atomic E-state index is 0.0144. The summed E-state index contributed by atoms with van der Waals surface area (Å²) in [7, 11) is 0. The van der Waals surface area contributed by atoms with Gasteiger partial charge >= 0.3 is 11.9 Å². The van der Waals surface area contributed by atoms with E-state index < -0.39 is 54.2 Å². The Morgan fingerprint density at radius 1 is 1.21 bits per heavy atom. The van der Waals surface area contributed by atoms with Crippen molar-refractivity contribution in [3.8, 4) is 0 Å². The predicted octanol–water partition coefficient (Wildman–Crippen LogP) is -0.135. The number of hydrogen-bond donors (Lipinski definition) is 3. The van der Waals surface area contributed by atoms with Gasteiger partial charge in [0, 0.05) is 36.2 Å². The third-order valence-electron chi connectivity index (χ3n) is 7.87. The van der Waals surface area contributed by atoms with E-state index in [0.29, 0.717) is 18.4 Å². The number of aliphatic hydroxyl groups excluding tert-OH is 3. The molecule has 4 aliphatic rings. The molecule has 4 rings (SSSR count). The standard InChI is InChI=1S/C23H32O10/c1-9-5-13-12(10(2)21(29)31-13)7-23(4)16(25)6-14(17(9)23)32-22-20(28)19(27)18(26)15(33-22)8-30-11(3)24/h9,12-15,17-20,22,26-28H,2,5-8H2,1,3-4H3/t9-,12-,13-,14+,15?,17-,18?,19?,20?,22?,23-/m1/s1. The Kier molecular flexibility index (Phi) is 6.43. The number of Topliss-reactive ketones (excluding diaryl/α,β-unsaturated/α-hetero) is 1. The Hall–Kier alpha value is -1.85.